The number of nitrogens with zero attached hydrogens (tertiary/aromatic N) is 4. The Morgan fingerprint density at radius 1 is 1.50 bits per heavy atom. The van der Waals surface area contributed by atoms with E-state index < -0.39 is 10.7 Å². The Labute approximate surface area is 137 Å². The Bertz CT molecular complexity index is 786. The summed E-state index contributed by atoms with van der Waals surface area (Å²) in [6, 6.07) is 4.08. The number of nitrogen functional groups attached to an aromatic ring is 1. The monoisotopic (exact) mass is 333 g/mol. The van der Waals surface area contributed by atoms with Crippen molar-refractivity contribution in [2.24, 2.45) is 0 Å². The van der Waals surface area contributed by atoms with Gasteiger partial charge in [-0.2, -0.15) is 0 Å². The van der Waals surface area contributed by atoms with Gasteiger partial charge in [-0.25, -0.2) is 14.4 Å². The molecule has 1 fully saturated rings. The summed E-state index contributed by atoms with van der Waals surface area (Å²) in [7, 11) is 1.48. The summed E-state index contributed by atoms with van der Waals surface area (Å²) in [6.45, 7) is 0.675. The minimum absolute atomic E-state index is 0.146. The average Bonchev–Trinajstić information content (AvgIpc) is 3.03. The standard InChI is InChI=1S/C15H16FN5O3/c1-24-15-10(7-9(16)8-18-15)11-3-2-6-20(11)13-5-4-12(21(22)23)14(17)19-13/h4-5,7-8,11H,2-3,6H2,1H3,(H2,17,19)/t11-/m1/s1. The molecule has 1 saturated heterocycles. The molecule has 9 heteroatoms. The van der Waals surface area contributed by atoms with Crippen LogP contribution in [0.5, 0.6) is 5.88 Å². The summed E-state index contributed by atoms with van der Waals surface area (Å²) in [5, 5.41) is 10.9. The minimum atomic E-state index is -0.576. The van der Waals surface area contributed by atoms with Gasteiger partial charge in [0.1, 0.15) is 11.6 Å². The van der Waals surface area contributed by atoms with Crippen LogP contribution in [-0.2, 0) is 0 Å². The first kappa shape index (κ1) is 15.9. The molecule has 24 heavy (non-hydrogen) atoms. The average molecular weight is 333 g/mol. The van der Waals surface area contributed by atoms with Crippen LogP contribution in [0.3, 0.4) is 0 Å². The fourth-order valence-corrected chi connectivity index (χ4v) is 2.99. The third-order valence-electron chi connectivity index (χ3n) is 4.03. The van der Waals surface area contributed by atoms with Gasteiger partial charge in [0.15, 0.2) is 0 Å². The fraction of sp³-hybridized carbons (Fsp3) is 0.333. The summed E-state index contributed by atoms with van der Waals surface area (Å²) >= 11 is 0. The molecule has 0 aromatic carbocycles. The van der Waals surface area contributed by atoms with Crippen LogP contribution in [0.4, 0.5) is 21.7 Å². The molecule has 0 unspecified atom stereocenters. The van der Waals surface area contributed by atoms with Crippen LogP contribution in [0.2, 0.25) is 0 Å². The number of rotatable bonds is 4. The molecular weight excluding hydrogens is 317 g/mol. The Morgan fingerprint density at radius 2 is 2.29 bits per heavy atom. The lowest BCUT2D eigenvalue weighted by Gasteiger charge is -2.26. The number of pyridine rings is 2. The number of aromatic nitrogens is 2. The molecule has 8 nitrogen and oxygen atoms in total. The normalized spacial score (nSPS) is 17.1. The maximum atomic E-state index is 13.6. The molecule has 0 aliphatic carbocycles. The first-order valence-corrected chi connectivity index (χ1v) is 7.38. The Hall–Kier alpha value is -2.97. The molecule has 1 aliphatic heterocycles. The highest BCUT2D eigenvalue weighted by Crippen LogP contribution is 2.39. The zero-order valence-corrected chi connectivity index (χ0v) is 13.0. The fourth-order valence-electron chi connectivity index (χ4n) is 2.99. The van der Waals surface area contributed by atoms with E-state index in [1.165, 1.54) is 19.2 Å². The zero-order chi connectivity index (χ0) is 17.3. The van der Waals surface area contributed by atoms with E-state index in [1.54, 1.807) is 6.07 Å². The number of ether oxygens (including phenoxy) is 1. The predicted molar refractivity (Wildman–Crippen MR) is 85.4 cm³/mol. The second-order valence-electron chi connectivity index (χ2n) is 5.43. The molecule has 0 bridgehead atoms. The molecule has 2 aromatic rings. The van der Waals surface area contributed by atoms with E-state index in [2.05, 4.69) is 9.97 Å². The third-order valence-corrected chi connectivity index (χ3v) is 4.03. The number of hydrogen-bond acceptors (Lipinski definition) is 7. The molecule has 2 aromatic heterocycles. The van der Waals surface area contributed by atoms with Crippen molar-refractivity contribution in [3.8, 4) is 5.88 Å². The van der Waals surface area contributed by atoms with Crippen LogP contribution in [0.25, 0.3) is 0 Å². The van der Waals surface area contributed by atoms with Crippen LogP contribution in [0.15, 0.2) is 24.4 Å². The van der Waals surface area contributed by atoms with Crippen molar-refractivity contribution < 1.29 is 14.1 Å². The quantitative estimate of drug-likeness (QED) is 0.676. The van der Waals surface area contributed by atoms with Crippen molar-refractivity contribution in [1.29, 1.82) is 0 Å². The summed E-state index contributed by atoms with van der Waals surface area (Å²) in [5.41, 5.74) is 6.06. The second-order valence-corrected chi connectivity index (χ2v) is 5.43. The van der Waals surface area contributed by atoms with E-state index in [-0.39, 0.29) is 17.5 Å². The first-order chi connectivity index (χ1) is 11.5. The number of methoxy groups -OCH3 is 1. The summed E-state index contributed by atoms with van der Waals surface area (Å²) < 4.78 is 18.9. The topological polar surface area (TPSA) is 107 Å². The van der Waals surface area contributed by atoms with Gasteiger partial charge >= 0.3 is 5.69 Å². The van der Waals surface area contributed by atoms with Gasteiger partial charge in [0.2, 0.25) is 11.7 Å². The van der Waals surface area contributed by atoms with E-state index in [1.807, 2.05) is 4.90 Å². The van der Waals surface area contributed by atoms with Crippen LogP contribution < -0.4 is 15.4 Å². The Kier molecular flexibility index (Phi) is 4.15. The van der Waals surface area contributed by atoms with Gasteiger partial charge in [-0.05, 0) is 25.0 Å². The van der Waals surface area contributed by atoms with Crippen molar-refractivity contribution in [3.63, 3.8) is 0 Å². The Morgan fingerprint density at radius 3 is 2.96 bits per heavy atom. The lowest BCUT2D eigenvalue weighted by Crippen LogP contribution is -2.24. The molecule has 0 saturated carbocycles. The molecule has 0 spiro atoms. The highest BCUT2D eigenvalue weighted by Gasteiger charge is 2.31. The highest BCUT2D eigenvalue weighted by molar-refractivity contribution is 5.59. The van der Waals surface area contributed by atoms with E-state index in [0.29, 0.717) is 23.8 Å². The van der Waals surface area contributed by atoms with E-state index in [4.69, 9.17) is 10.5 Å². The number of hydrogen-bond donors (Lipinski definition) is 1. The Balaban J connectivity index is 1.98. The van der Waals surface area contributed by atoms with Crippen molar-refractivity contribution in [2.75, 3.05) is 24.3 Å². The van der Waals surface area contributed by atoms with Crippen LogP contribution >= 0.6 is 0 Å². The third kappa shape index (κ3) is 2.80. The van der Waals surface area contributed by atoms with Gasteiger partial charge in [0.05, 0.1) is 24.3 Å². The molecule has 0 radical (unpaired) electrons. The molecular formula is C15H16FN5O3. The molecule has 1 atom stereocenters. The van der Waals surface area contributed by atoms with Crippen molar-refractivity contribution >= 4 is 17.3 Å². The van der Waals surface area contributed by atoms with Crippen LogP contribution in [0.1, 0.15) is 24.4 Å². The number of halogens is 1. The molecule has 126 valence electrons. The molecule has 1 aliphatic rings. The second kappa shape index (κ2) is 6.26. The zero-order valence-electron chi connectivity index (χ0n) is 13.0. The predicted octanol–water partition coefficient (Wildman–Crippen LogP) is 2.46. The maximum Gasteiger partial charge on any atom is 0.311 e. The van der Waals surface area contributed by atoms with E-state index >= 15 is 0 Å². The number of nitro groups is 1. The minimum Gasteiger partial charge on any atom is -0.481 e. The lowest BCUT2D eigenvalue weighted by atomic mass is 10.1. The van der Waals surface area contributed by atoms with Gasteiger partial charge < -0.3 is 15.4 Å². The molecule has 0 amide bonds. The van der Waals surface area contributed by atoms with Crippen molar-refractivity contribution in [3.05, 3.63) is 45.9 Å². The molecule has 3 rings (SSSR count). The van der Waals surface area contributed by atoms with Gasteiger partial charge in [-0.15, -0.1) is 0 Å². The highest BCUT2D eigenvalue weighted by atomic mass is 19.1. The van der Waals surface area contributed by atoms with Gasteiger partial charge in [0, 0.05) is 18.2 Å². The summed E-state index contributed by atoms with van der Waals surface area (Å²) in [5.74, 6) is 0.261. The molecule has 2 N–H and O–H groups in total. The van der Waals surface area contributed by atoms with Gasteiger partial charge in [-0.1, -0.05) is 0 Å². The largest absolute Gasteiger partial charge is 0.481 e. The van der Waals surface area contributed by atoms with Crippen LogP contribution in [-0.4, -0.2) is 28.5 Å². The number of anilines is 2. The van der Waals surface area contributed by atoms with Crippen molar-refractivity contribution in [2.45, 2.75) is 18.9 Å². The SMILES string of the molecule is COc1ncc(F)cc1[C@H]1CCCN1c1ccc([N+](=O)[O-])c(N)n1. The maximum absolute atomic E-state index is 13.6. The smallest absolute Gasteiger partial charge is 0.311 e. The lowest BCUT2D eigenvalue weighted by molar-refractivity contribution is -0.384. The first-order valence-electron chi connectivity index (χ1n) is 7.38. The molecule has 3 heterocycles. The summed E-state index contributed by atoms with van der Waals surface area (Å²) in [6.07, 6.45) is 2.73. The van der Waals surface area contributed by atoms with Gasteiger partial charge in [-0.3, -0.25) is 10.1 Å². The van der Waals surface area contributed by atoms with Crippen LogP contribution in [0, 0.1) is 15.9 Å². The van der Waals surface area contributed by atoms with E-state index in [0.717, 1.165) is 19.0 Å². The number of nitrogens with two attached hydrogens (primary N) is 1. The van der Waals surface area contributed by atoms with Gasteiger partial charge in [0.25, 0.3) is 0 Å². The van der Waals surface area contributed by atoms with E-state index in [9.17, 15) is 14.5 Å². The summed E-state index contributed by atoms with van der Waals surface area (Å²) in [4.78, 5) is 20.3. The van der Waals surface area contributed by atoms with Crippen molar-refractivity contribution in [1.82, 2.24) is 9.97 Å².